The van der Waals surface area contributed by atoms with E-state index in [0.29, 0.717) is 19.5 Å². The number of aryl methyl sites for hydroxylation is 1. The van der Waals surface area contributed by atoms with Crippen LogP contribution < -0.4 is 10.6 Å². The van der Waals surface area contributed by atoms with Crippen molar-refractivity contribution in [2.45, 2.75) is 71.3 Å². The van der Waals surface area contributed by atoms with E-state index in [-0.39, 0.29) is 11.8 Å². The molecule has 0 aromatic carbocycles. The molecule has 134 valence electrons. The van der Waals surface area contributed by atoms with Gasteiger partial charge in [-0.3, -0.25) is 9.59 Å². The van der Waals surface area contributed by atoms with Crippen LogP contribution in [0.5, 0.6) is 0 Å². The summed E-state index contributed by atoms with van der Waals surface area (Å²) in [6.45, 7) is 3.82. The molecule has 0 saturated heterocycles. The third-order valence-electron chi connectivity index (χ3n) is 4.31. The number of hydrogen-bond acceptors (Lipinski definition) is 4. The summed E-state index contributed by atoms with van der Waals surface area (Å²) < 4.78 is 2.22. The number of amides is 2. The summed E-state index contributed by atoms with van der Waals surface area (Å²) in [6.07, 6.45) is 8.63. The van der Waals surface area contributed by atoms with Gasteiger partial charge < -0.3 is 15.2 Å². The molecule has 7 nitrogen and oxygen atoms in total. The van der Waals surface area contributed by atoms with E-state index < -0.39 is 0 Å². The molecule has 7 heteroatoms. The molecule has 1 aromatic rings. The highest BCUT2D eigenvalue weighted by atomic mass is 16.2. The Labute approximate surface area is 143 Å². The minimum absolute atomic E-state index is 0.000819. The van der Waals surface area contributed by atoms with Crippen molar-refractivity contribution >= 4 is 11.8 Å². The highest BCUT2D eigenvalue weighted by molar-refractivity contribution is 5.75. The highest BCUT2D eigenvalue weighted by Crippen LogP contribution is 2.14. The average Bonchev–Trinajstić information content (AvgIpc) is 2.78. The van der Waals surface area contributed by atoms with Crippen LogP contribution in [0, 0.1) is 0 Å². The molecule has 0 saturated carbocycles. The normalized spacial score (nSPS) is 13.9. The van der Waals surface area contributed by atoms with Crippen LogP contribution in [0.1, 0.15) is 63.5 Å². The van der Waals surface area contributed by atoms with Crippen molar-refractivity contribution in [1.82, 2.24) is 25.4 Å². The monoisotopic (exact) mass is 335 g/mol. The molecule has 0 radical (unpaired) electrons. The molecule has 0 bridgehead atoms. The lowest BCUT2D eigenvalue weighted by Crippen LogP contribution is -2.26. The van der Waals surface area contributed by atoms with Crippen LogP contribution in [0.2, 0.25) is 0 Å². The fourth-order valence-corrected chi connectivity index (χ4v) is 2.98. The second-order valence-corrected chi connectivity index (χ2v) is 6.39. The van der Waals surface area contributed by atoms with Crippen LogP contribution in [-0.4, -0.2) is 39.7 Å². The van der Waals surface area contributed by atoms with Gasteiger partial charge in [-0.1, -0.05) is 12.8 Å². The number of fused-ring (bicyclic) bond motifs is 1. The predicted molar refractivity (Wildman–Crippen MR) is 91.4 cm³/mol. The number of nitrogens with one attached hydrogen (secondary N) is 2. The van der Waals surface area contributed by atoms with Crippen LogP contribution in [0.15, 0.2) is 0 Å². The van der Waals surface area contributed by atoms with Gasteiger partial charge in [-0.25, -0.2) is 0 Å². The molecule has 1 aliphatic rings. The first kappa shape index (κ1) is 18.4. The summed E-state index contributed by atoms with van der Waals surface area (Å²) in [6, 6.07) is 0. The van der Waals surface area contributed by atoms with Crippen molar-refractivity contribution < 1.29 is 9.59 Å². The summed E-state index contributed by atoms with van der Waals surface area (Å²) in [7, 11) is 0. The Morgan fingerprint density at radius 1 is 1.04 bits per heavy atom. The molecule has 24 heavy (non-hydrogen) atoms. The van der Waals surface area contributed by atoms with Crippen molar-refractivity contribution in [3.05, 3.63) is 11.6 Å². The van der Waals surface area contributed by atoms with Gasteiger partial charge in [0.05, 0.1) is 0 Å². The lowest BCUT2D eigenvalue weighted by molar-refractivity contribution is -0.121. The zero-order valence-corrected chi connectivity index (χ0v) is 14.6. The van der Waals surface area contributed by atoms with E-state index in [1.807, 2.05) is 0 Å². The fraction of sp³-hybridized carbons (Fsp3) is 0.765. The van der Waals surface area contributed by atoms with Crippen LogP contribution in [0.3, 0.4) is 0 Å². The van der Waals surface area contributed by atoms with Crippen molar-refractivity contribution in [2.75, 3.05) is 13.1 Å². The zero-order valence-electron chi connectivity index (χ0n) is 14.6. The first-order valence-electron chi connectivity index (χ1n) is 9.09. The number of carbonyl (C=O) groups is 2. The molecule has 2 amide bonds. The van der Waals surface area contributed by atoms with Gasteiger partial charge in [0.1, 0.15) is 11.6 Å². The SMILES string of the molecule is CC(=O)NCCCCCC(=O)NCCc1nnc2n1CCCCC2. The number of hydrogen-bond donors (Lipinski definition) is 2. The Morgan fingerprint density at radius 2 is 1.92 bits per heavy atom. The van der Waals surface area contributed by atoms with E-state index in [1.165, 1.54) is 26.2 Å². The van der Waals surface area contributed by atoms with Gasteiger partial charge in [0.15, 0.2) is 0 Å². The standard InChI is InChI=1S/C17H29N5O2/c1-14(23)18-11-6-2-5-9-17(24)19-12-10-16-21-20-15-8-4-3-7-13-22(15)16/h2-13H2,1H3,(H,18,23)(H,19,24). The van der Waals surface area contributed by atoms with E-state index in [0.717, 1.165) is 50.3 Å². The largest absolute Gasteiger partial charge is 0.356 e. The quantitative estimate of drug-likeness (QED) is 0.667. The lowest BCUT2D eigenvalue weighted by atomic mass is 10.2. The van der Waals surface area contributed by atoms with E-state index >= 15 is 0 Å². The maximum atomic E-state index is 11.8. The molecule has 2 heterocycles. The van der Waals surface area contributed by atoms with Crippen molar-refractivity contribution in [1.29, 1.82) is 0 Å². The molecule has 0 aliphatic carbocycles. The molecule has 0 fully saturated rings. The van der Waals surface area contributed by atoms with Crippen molar-refractivity contribution in [3.8, 4) is 0 Å². The first-order chi connectivity index (χ1) is 11.7. The fourth-order valence-electron chi connectivity index (χ4n) is 2.98. The number of carbonyl (C=O) groups excluding carboxylic acids is 2. The third kappa shape index (κ3) is 6.29. The van der Waals surface area contributed by atoms with E-state index in [1.54, 1.807) is 0 Å². The molecular weight excluding hydrogens is 306 g/mol. The number of nitrogens with zero attached hydrogens (tertiary/aromatic N) is 3. The predicted octanol–water partition coefficient (Wildman–Crippen LogP) is 1.36. The molecule has 0 spiro atoms. The van der Waals surface area contributed by atoms with Crippen molar-refractivity contribution in [2.24, 2.45) is 0 Å². The van der Waals surface area contributed by atoms with E-state index in [4.69, 9.17) is 0 Å². The van der Waals surface area contributed by atoms with E-state index in [2.05, 4.69) is 25.4 Å². The summed E-state index contributed by atoms with van der Waals surface area (Å²) in [4.78, 5) is 22.6. The lowest BCUT2D eigenvalue weighted by Gasteiger charge is -2.08. The molecular formula is C17H29N5O2. The van der Waals surface area contributed by atoms with Crippen LogP contribution >= 0.6 is 0 Å². The minimum Gasteiger partial charge on any atom is -0.356 e. The van der Waals surface area contributed by atoms with Gasteiger partial charge >= 0.3 is 0 Å². The molecule has 0 atom stereocenters. The first-order valence-corrected chi connectivity index (χ1v) is 9.09. The topological polar surface area (TPSA) is 88.9 Å². The van der Waals surface area contributed by atoms with Gasteiger partial charge in [0, 0.05) is 45.8 Å². The molecule has 2 rings (SSSR count). The molecule has 2 N–H and O–H groups in total. The summed E-state index contributed by atoms with van der Waals surface area (Å²) in [5.41, 5.74) is 0. The second-order valence-electron chi connectivity index (χ2n) is 6.39. The Bertz CT molecular complexity index is 541. The number of rotatable bonds is 9. The number of unbranched alkanes of at least 4 members (excludes halogenated alkanes) is 2. The smallest absolute Gasteiger partial charge is 0.220 e. The Hall–Kier alpha value is -1.92. The third-order valence-corrected chi connectivity index (χ3v) is 4.31. The summed E-state index contributed by atoms with van der Waals surface area (Å²) in [5, 5.41) is 14.3. The minimum atomic E-state index is -0.000819. The second kappa shape index (κ2) is 10.1. The van der Waals surface area contributed by atoms with Crippen LogP contribution in [-0.2, 0) is 29.0 Å². The molecule has 1 aliphatic heterocycles. The van der Waals surface area contributed by atoms with E-state index in [9.17, 15) is 9.59 Å². The molecule has 1 aromatic heterocycles. The Kier molecular flexibility index (Phi) is 7.71. The average molecular weight is 335 g/mol. The highest BCUT2D eigenvalue weighted by Gasteiger charge is 2.14. The van der Waals surface area contributed by atoms with Crippen molar-refractivity contribution in [3.63, 3.8) is 0 Å². The molecule has 0 unspecified atom stereocenters. The van der Waals surface area contributed by atoms with Crippen LogP contribution in [0.4, 0.5) is 0 Å². The summed E-state index contributed by atoms with van der Waals surface area (Å²) >= 11 is 0. The summed E-state index contributed by atoms with van der Waals surface area (Å²) in [5.74, 6) is 2.17. The Balaban J connectivity index is 1.58. The van der Waals surface area contributed by atoms with Gasteiger partial charge in [0.2, 0.25) is 11.8 Å². The maximum Gasteiger partial charge on any atom is 0.220 e. The maximum absolute atomic E-state index is 11.8. The van der Waals surface area contributed by atoms with Gasteiger partial charge in [-0.05, 0) is 25.7 Å². The van der Waals surface area contributed by atoms with Gasteiger partial charge in [-0.2, -0.15) is 0 Å². The van der Waals surface area contributed by atoms with Gasteiger partial charge in [-0.15, -0.1) is 10.2 Å². The van der Waals surface area contributed by atoms with Crippen LogP contribution in [0.25, 0.3) is 0 Å². The number of aromatic nitrogens is 3. The Morgan fingerprint density at radius 3 is 2.75 bits per heavy atom. The zero-order chi connectivity index (χ0) is 17.2. The van der Waals surface area contributed by atoms with Gasteiger partial charge in [0.25, 0.3) is 0 Å².